The summed E-state index contributed by atoms with van der Waals surface area (Å²) in [6, 6.07) is 10.9. The first-order valence-electron chi connectivity index (χ1n) is 11.1. The van der Waals surface area contributed by atoms with Crippen molar-refractivity contribution in [2.45, 2.75) is 26.2 Å². The van der Waals surface area contributed by atoms with Gasteiger partial charge in [-0.2, -0.15) is 0 Å². The summed E-state index contributed by atoms with van der Waals surface area (Å²) in [5.74, 6) is 0.403. The molecule has 0 saturated carbocycles. The zero-order chi connectivity index (χ0) is 22.9. The minimum Gasteiger partial charge on any atom is -0.491 e. The normalized spacial score (nSPS) is 15.0. The van der Waals surface area contributed by atoms with Crippen molar-refractivity contribution in [3.05, 3.63) is 64.4 Å². The second kappa shape index (κ2) is 12.1. The van der Waals surface area contributed by atoms with E-state index in [2.05, 4.69) is 9.80 Å². The molecule has 7 heteroatoms. The van der Waals surface area contributed by atoms with Crippen LogP contribution < -0.4 is 4.74 Å². The maximum Gasteiger partial charge on any atom is 0.162 e. The fraction of sp³-hybridized carbons (Fsp3) is 0.440. The molecule has 0 N–H and O–H groups in total. The summed E-state index contributed by atoms with van der Waals surface area (Å²) >= 11 is 6.25. The van der Waals surface area contributed by atoms with E-state index in [9.17, 15) is 14.0 Å². The Kier molecular flexibility index (Phi) is 9.21. The monoisotopic (exact) mass is 460 g/mol. The lowest BCUT2D eigenvalue weighted by Gasteiger charge is -2.34. The molecule has 0 aromatic heterocycles. The third-order valence-corrected chi connectivity index (χ3v) is 6.04. The molecular weight excluding hydrogens is 431 g/mol. The summed E-state index contributed by atoms with van der Waals surface area (Å²) in [5, 5.41) is 0.462. The van der Waals surface area contributed by atoms with Gasteiger partial charge in [0.2, 0.25) is 0 Å². The van der Waals surface area contributed by atoms with Crippen molar-refractivity contribution < 1.29 is 18.7 Å². The Labute approximate surface area is 194 Å². The lowest BCUT2D eigenvalue weighted by atomic mass is 10.1. The van der Waals surface area contributed by atoms with Gasteiger partial charge in [0.25, 0.3) is 0 Å². The molecule has 5 nitrogen and oxygen atoms in total. The number of halogens is 2. The summed E-state index contributed by atoms with van der Waals surface area (Å²) in [7, 11) is 0. The van der Waals surface area contributed by atoms with Crippen LogP contribution in [0.5, 0.6) is 5.75 Å². The van der Waals surface area contributed by atoms with E-state index >= 15 is 0 Å². The number of nitrogens with zero attached hydrogens (tertiary/aromatic N) is 2. The standard InChI is InChI=1S/C25H30ClFN2O3/c1-2-23(30)20-7-10-25(22(26)18-20)32-17-16-29-14-12-28(13-15-29)11-3-4-24(31)19-5-8-21(27)9-6-19/h5-10,18H,2-4,11-17H2,1H3. The van der Waals surface area contributed by atoms with Gasteiger partial charge < -0.3 is 9.64 Å². The van der Waals surface area contributed by atoms with Crippen molar-refractivity contribution in [1.29, 1.82) is 0 Å². The van der Waals surface area contributed by atoms with Crippen molar-refractivity contribution in [3.63, 3.8) is 0 Å². The third kappa shape index (κ3) is 7.12. The molecule has 1 fully saturated rings. The third-order valence-electron chi connectivity index (χ3n) is 5.75. The lowest BCUT2D eigenvalue weighted by Crippen LogP contribution is -2.47. The van der Waals surface area contributed by atoms with Crippen LogP contribution in [0.15, 0.2) is 42.5 Å². The first-order chi connectivity index (χ1) is 15.5. The molecular formula is C25H30ClFN2O3. The van der Waals surface area contributed by atoms with Gasteiger partial charge in [-0.15, -0.1) is 0 Å². The van der Waals surface area contributed by atoms with Crippen LogP contribution in [-0.4, -0.2) is 67.2 Å². The average Bonchev–Trinajstić information content (AvgIpc) is 2.81. The van der Waals surface area contributed by atoms with Gasteiger partial charge in [0, 0.05) is 56.7 Å². The number of carbonyl (C=O) groups is 2. The van der Waals surface area contributed by atoms with Crippen LogP contribution in [0.4, 0.5) is 4.39 Å². The van der Waals surface area contributed by atoms with Gasteiger partial charge in [-0.3, -0.25) is 14.5 Å². The number of carbonyl (C=O) groups excluding carboxylic acids is 2. The lowest BCUT2D eigenvalue weighted by molar-refractivity contribution is 0.0951. The smallest absolute Gasteiger partial charge is 0.162 e. The zero-order valence-electron chi connectivity index (χ0n) is 18.5. The molecule has 3 rings (SSSR count). The van der Waals surface area contributed by atoms with E-state index in [4.69, 9.17) is 16.3 Å². The second-order valence-electron chi connectivity index (χ2n) is 7.99. The van der Waals surface area contributed by atoms with Crippen LogP contribution in [0.2, 0.25) is 5.02 Å². The molecule has 0 spiro atoms. The van der Waals surface area contributed by atoms with Gasteiger partial charge in [0.1, 0.15) is 18.2 Å². The number of rotatable bonds is 11. The molecule has 0 atom stereocenters. The largest absolute Gasteiger partial charge is 0.491 e. The summed E-state index contributed by atoms with van der Waals surface area (Å²) in [6.45, 7) is 7.87. The van der Waals surface area contributed by atoms with Gasteiger partial charge in [-0.05, 0) is 55.4 Å². The second-order valence-corrected chi connectivity index (χ2v) is 8.39. The molecule has 1 heterocycles. The molecule has 2 aromatic carbocycles. The van der Waals surface area contributed by atoms with Gasteiger partial charge in [-0.1, -0.05) is 18.5 Å². The highest BCUT2D eigenvalue weighted by Crippen LogP contribution is 2.26. The highest BCUT2D eigenvalue weighted by molar-refractivity contribution is 6.32. The van der Waals surface area contributed by atoms with Crippen LogP contribution in [0.25, 0.3) is 0 Å². The summed E-state index contributed by atoms with van der Waals surface area (Å²) in [4.78, 5) is 28.7. The van der Waals surface area contributed by atoms with Crippen molar-refractivity contribution >= 4 is 23.2 Å². The molecule has 0 amide bonds. The van der Waals surface area contributed by atoms with Gasteiger partial charge in [0.15, 0.2) is 11.6 Å². The van der Waals surface area contributed by atoms with Crippen molar-refractivity contribution in [2.24, 2.45) is 0 Å². The highest BCUT2D eigenvalue weighted by Gasteiger charge is 2.17. The molecule has 0 radical (unpaired) electrons. The predicted octanol–water partition coefficient (Wildman–Crippen LogP) is 4.73. The Morgan fingerprint density at radius 3 is 2.19 bits per heavy atom. The van der Waals surface area contributed by atoms with E-state index in [0.717, 1.165) is 45.7 Å². The van der Waals surface area contributed by atoms with Gasteiger partial charge in [-0.25, -0.2) is 4.39 Å². The van der Waals surface area contributed by atoms with Crippen LogP contribution in [-0.2, 0) is 0 Å². The van der Waals surface area contributed by atoms with E-state index in [1.54, 1.807) is 30.3 Å². The summed E-state index contributed by atoms with van der Waals surface area (Å²) in [5.41, 5.74) is 1.18. The Morgan fingerprint density at radius 1 is 0.938 bits per heavy atom. The van der Waals surface area contributed by atoms with E-state index in [0.29, 0.717) is 41.3 Å². The number of benzene rings is 2. The van der Waals surface area contributed by atoms with E-state index in [-0.39, 0.29) is 17.4 Å². The van der Waals surface area contributed by atoms with Crippen LogP contribution in [0.3, 0.4) is 0 Å². The number of hydrogen-bond donors (Lipinski definition) is 0. The van der Waals surface area contributed by atoms with E-state index in [1.165, 1.54) is 12.1 Å². The molecule has 0 aliphatic carbocycles. The topological polar surface area (TPSA) is 49.9 Å². The first-order valence-corrected chi connectivity index (χ1v) is 11.5. The number of ketones is 2. The quantitative estimate of drug-likeness (QED) is 0.454. The Morgan fingerprint density at radius 2 is 1.56 bits per heavy atom. The zero-order valence-corrected chi connectivity index (χ0v) is 19.2. The molecule has 0 bridgehead atoms. The SMILES string of the molecule is CCC(=O)c1ccc(OCCN2CCN(CCCC(=O)c3ccc(F)cc3)CC2)c(Cl)c1. The fourth-order valence-electron chi connectivity index (χ4n) is 3.76. The summed E-state index contributed by atoms with van der Waals surface area (Å²) < 4.78 is 18.8. The fourth-order valence-corrected chi connectivity index (χ4v) is 4.00. The number of Topliss-reactive ketones (excluding diaryl/α,β-unsaturated/α-hetero) is 2. The maximum absolute atomic E-state index is 13.0. The molecule has 1 saturated heterocycles. The number of piperazine rings is 1. The minimum absolute atomic E-state index is 0.0616. The van der Waals surface area contributed by atoms with Crippen LogP contribution in [0, 0.1) is 5.82 Å². The molecule has 2 aromatic rings. The Bertz CT molecular complexity index is 912. The molecule has 1 aliphatic rings. The summed E-state index contributed by atoms with van der Waals surface area (Å²) in [6.07, 6.45) is 1.73. The molecule has 0 unspecified atom stereocenters. The van der Waals surface area contributed by atoms with Crippen molar-refractivity contribution in [3.8, 4) is 5.75 Å². The van der Waals surface area contributed by atoms with Crippen molar-refractivity contribution in [2.75, 3.05) is 45.9 Å². The average molecular weight is 461 g/mol. The number of ether oxygens (including phenoxy) is 1. The molecule has 32 heavy (non-hydrogen) atoms. The Hall–Kier alpha value is -2.28. The van der Waals surface area contributed by atoms with Gasteiger partial charge in [0.05, 0.1) is 5.02 Å². The predicted molar refractivity (Wildman–Crippen MR) is 124 cm³/mol. The first kappa shape index (κ1) is 24.4. The van der Waals surface area contributed by atoms with E-state index in [1.807, 2.05) is 6.92 Å². The van der Waals surface area contributed by atoms with Crippen molar-refractivity contribution in [1.82, 2.24) is 9.80 Å². The van der Waals surface area contributed by atoms with Gasteiger partial charge >= 0.3 is 0 Å². The highest BCUT2D eigenvalue weighted by atomic mass is 35.5. The maximum atomic E-state index is 13.0. The number of hydrogen-bond acceptors (Lipinski definition) is 5. The molecule has 1 aliphatic heterocycles. The minimum atomic E-state index is -0.325. The van der Waals surface area contributed by atoms with Crippen LogP contribution in [0.1, 0.15) is 46.9 Å². The van der Waals surface area contributed by atoms with E-state index < -0.39 is 0 Å². The molecule has 172 valence electrons. The Balaban J connectivity index is 1.32. The van der Waals surface area contributed by atoms with Crippen LogP contribution >= 0.6 is 11.6 Å².